The zero-order valence-corrected chi connectivity index (χ0v) is 19.2. The number of nitrogens with one attached hydrogen (secondary N) is 2. The molecule has 0 spiro atoms. The highest BCUT2D eigenvalue weighted by molar-refractivity contribution is 5.81. The summed E-state index contributed by atoms with van der Waals surface area (Å²) in [5.74, 6) is 0.641. The van der Waals surface area contributed by atoms with Crippen molar-refractivity contribution < 1.29 is 14.3 Å². The number of carbonyl (C=O) groups excluding carboxylic acids is 2. The number of hydrogen-bond acceptors (Lipinski definition) is 3. The molecular formula is C26H35N3O3. The molecule has 1 heterocycles. The van der Waals surface area contributed by atoms with Crippen LogP contribution in [-0.4, -0.2) is 43.6 Å². The Labute approximate surface area is 191 Å². The molecule has 172 valence electrons. The number of para-hydroxylation sites is 1. The summed E-state index contributed by atoms with van der Waals surface area (Å²) in [5, 5.41) is 6.10. The van der Waals surface area contributed by atoms with E-state index in [4.69, 9.17) is 4.74 Å². The standard InChI is InChI=1S/C26H35N3O3/c1-3-4-17-28-26(31)29-19-22(14-15-23(29)20-10-6-5-7-11-20)25(30)27-18-16-21-12-8-9-13-24(21)32-2/h5-13,22-23H,3-4,14-19H2,1-2H3,(H,27,30)(H,28,31)/t22-,23-/m1/s1. The van der Waals surface area contributed by atoms with Crippen LogP contribution in [0.25, 0.3) is 0 Å². The summed E-state index contributed by atoms with van der Waals surface area (Å²) in [6, 6.07) is 17.9. The number of piperidine rings is 1. The minimum atomic E-state index is -0.204. The summed E-state index contributed by atoms with van der Waals surface area (Å²) in [7, 11) is 1.66. The molecule has 32 heavy (non-hydrogen) atoms. The Bertz CT molecular complexity index is 872. The molecule has 2 N–H and O–H groups in total. The number of unbranched alkanes of at least 4 members (excludes halogenated alkanes) is 1. The fourth-order valence-electron chi connectivity index (χ4n) is 4.28. The predicted octanol–water partition coefficient (Wildman–Crippen LogP) is 4.32. The quantitative estimate of drug-likeness (QED) is 0.574. The molecule has 2 aromatic carbocycles. The number of methoxy groups -OCH3 is 1. The van der Waals surface area contributed by atoms with Crippen LogP contribution >= 0.6 is 0 Å². The average molecular weight is 438 g/mol. The van der Waals surface area contributed by atoms with E-state index in [-0.39, 0.29) is 23.9 Å². The first-order chi connectivity index (χ1) is 15.6. The Morgan fingerprint density at radius 3 is 2.50 bits per heavy atom. The van der Waals surface area contributed by atoms with E-state index < -0.39 is 0 Å². The number of hydrogen-bond donors (Lipinski definition) is 2. The van der Waals surface area contributed by atoms with Crippen molar-refractivity contribution in [2.75, 3.05) is 26.7 Å². The highest BCUT2D eigenvalue weighted by Crippen LogP contribution is 2.33. The topological polar surface area (TPSA) is 70.7 Å². The lowest BCUT2D eigenvalue weighted by Crippen LogP contribution is -2.50. The first kappa shape index (κ1) is 23.6. The van der Waals surface area contributed by atoms with Gasteiger partial charge in [-0.15, -0.1) is 0 Å². The largest absolute Gasteiger partial charge is 0.496 e. The van der Waals surface area contributed by atoms with Gasteiger partial charge in [0.25, 0.3) is 0 Å². The number of rotatable bonds is 9. The molecule has 3 amide bonds. The third-order valence-electron chi connectivity index (χ3n) is 6.09. The van der Waals surface area contributed by atoms with E-state index in [0.717, 1.165) is 42.6 Å². The van der Waals surface area contributed by atoms with Crippen molar-refractivity contribution in [1.29, 1.82) is 0 Å². The van der Waals surface area contributed by atoms with Crippen LogP contribution in [0.4, 0.5) is 4.79 Å². The monoisotopic (exact) mass is 437 g/mol. The Hall–Kier alpha value is -3.02. The van der Waals surface area contributed by atoms with Crippen LogP contribution < -0.4 is 15.4 Å². The number of nitrogens with zero attached hydrogens (tertiary/aromatic N) is 1. The third-order valence-corrected chi connectivity index (χ3v) is 6.09. The summed E-state index contributed by atoms with van der Waals surface area (Å²) in [6.45, 7) is 3.73. The maximum absolute atomic E-state index is 13.0. The van der Waals surface area contributed by atoms with Gasteiger partial charge in [-0.3, -0.25) is 4.79 Å². The molecular weight excluding hydrogens is 402 g/mol. The second-order valence-corrected chi connectivity index (χ2v) is 8.29. The zero-order chi connectivity index (χ0) is 22.8. The average Bonchev–Trinajstić information content (AvgIpc) is 2.84. The van der Waals surface area contributed by atoms with Crippen LogP contribution in [0, 0.1) is 5.92 Å². The van der Waals surface area contributed by atoms with Gasteiger partial charge < -0.3 is 20.3 Å². The SMILES string of the molecule is CCCCNC(=O)N1C[C@H](C(=O)NCCc2ccccc2OC)CC[C@@H]1c1ccccc1. The van der Waals surface area contributed by atoms with Crippen molar-refractivity contribution in [3.8, 4) is 5.75 Å². The van der Waals surface area contributed by atoms with Gasteiger partial charge in [0.15, 0.2) is 0 Å². The van der Waals surface area contributed by atoms with E-state index in [1.807, 2.05) is 47.4 Å². The van der Waals surface area contributed by atoms with Crippen molar-refractivity contribution in [2.24, 2.45) is 5.92 Å². The lowest BCUT2D eigenvalue weighted by Gasteiger charge is -2.39. The summed E-state index contributed by atoms with van der Waals surface area (Å²) in [6.07, 6.45) is 4.22. The van der Waals surface area contributed by atoms with Crippen LogP contribution in [0.5, 0.6) is 5.75 Å². The molecule has 1 aliphatic rings. The van der Waals surface area contributed by atoms with E-state index in [1.54, 1.807) is 7.11 Å². The molecule has 0 radical (unpaired) electrons. The molecule has 2 atom stereocenters. The Morgan fingerprint density at radius 2 is 1.75 bits per heavy atom. The number of benzene rings is 2. The van der Waals surface area contributed by atoms with Crippen LogP contribution in [0.1, 0.15) is 49.8 Å². The molecule has 6 heteroatoms. The molecule has 1 saturated heterocycles. The van der Waals surface area contributed by atoms with Crippen molar-refractivity contribution in [3.63, 3.8) is 0 Å². The maximum atomic E-state index is 13.0. The summed E-state index contributed by atoms with van der Waals surface area (Å²) in [5.41, 5.74) is 2.19. The molecule has 0 saturated carbocycles. The fourth-order valence-corrected chi connectivity index (χ4v) is 4.28. The van der Waals surface area contributed by atoms with Crippen LogP contribution in [0.3, 0.4) is 0 Å². The number of likely N-dealkylation sites (tertiary alicyclic amines) is 1. The van der Waals surface area contributed by atoms with Gasteiger partial charge in [0.2, 0.25) is 5.91 Å². The highest BCUT2D eigenvalue weighted by atomic mass is 16.5. The van der Waals surface area contributed by atoms with Crippen LogP contribution in [-0.2, 0) is 11.2 Å². The molecule has 1 aliphatic heterocycles. The summed E-state index contributed by atoms with van der Waals surface area (Å²) < 4.78 is 5.39. The molecule has 0 unspecified atom stereocenters. The summed E-state index contributed by atoms with van der Waals surface area (Å²) in [4.78, 5) is 27.7. The van der Waals surface area contributed by atoms with Gasteiger partial charge in [0.05, 0.1) is 19.1 Å². The third kappa shape index (κ3) is 6.25. The number of amides is 3. The molecule has 3 rings (SSSR count). The maximum Gasteiger partial charge on any atom is 0.317 e. The summed E-state index contributed by atoms with van der Waals surface area (Å²) >= 11 is 0. The Morgan fingerprint density at radius 1 is 1.00 bits per heavy atom. The van der Waals surface area contributed by atoms with Crippen molar-refractivity contribution in [1.82, 2.24) is 15.5 Å². The number of ether oxygens (including phenoxy) is 1. The Balaban J connectivity index is 1.61. The molecule has 0 bridgehead atoms. The van der Waals surface area contributed by atoms with Crippen molar-refractivity contribution in [2.45, 2.75) is 45.1 Å². The van der Waals surface area contributed by atoms with Gasteiger partial charge >= 0.3 is 6.03 Å². The molecule has 0 aliphatic carbocycles. The normalized spacial score (nSPS) is 18.1. The first-order valence-corrected chi connectivity index (χ1v) is 11.6. The second-order valence-electron chi connectivity index (χ2n) is 8.29. The minimum absolute atomic E-state index is 0.00421. The van der Waals surface area contributed by atoms with Crippen molar-refractivity contribution in [3.05, 3.63) is 65.7 Å². The Kier molecular flexibility index (Phi) is 8.96. The van der Waals surface area contributed by atoms with Crippen molar-refractivity contribution >= 4 is 11.9 Å². The van der Waals surface area contributed by atoms with Crippen LogP contribution in [0.15, 0.2) is 54.6 Å². The minimum Gasteiger partial charge on any atom is -0.496 e. The molecule has 6 nitrogen and oxygen atoms in total. The van der Waals surface area contributed by atoms with E-state index in [2.05, 4.69) is 29.7 Å². The van der Waals surface area contributed by atoms with Gasteiger partial charge in [-0.1, -0.05) is 61.9 Å². The van der Waals surface area contributed by atoms with Gasteiger partial charge in [-0.05, 0) is 42.9 Å². The van der Waals surface area contributed by atoms with Gasteiger partial charge in [0.1, 0.15) is 5.75 Å². The van der Waals surface area contributed by atoms with E-state index in [1.165, 1.54) is 0 Å². The van der Waals surface area contributed by atoms with E-state index >= 15 is 0 Å². The van der Waals surface area contributed by atoms with Gasteiger partial charge in [0, 0.05) is 19.6 Å². The highest BCUT2D eigenvalue weighted by Gasteiger charge is 2.35. The second kappa shape index (κ2) is 12.1. The molecule has 2 aromatic rings. The van der Waals surface area contributed by atoms with E-state index in [0.29, 0.717) is 26.1 Å². The predicted molar refractivity (Wildman–Crippen MR) is 127 cm³/mol. The lowest BCUT2D eigenvalue weighted by atomic mass is 9.88. The fraction of sp³-hybridized carbons (Fsp3) is 0.462. The van der Waals surface area contributed by atoms with Crippen LogP contribution in [0.2, 0.25) is 0 Å². The van der Waals surface area contributed by atoms with E-state index in [9.17, 15) is 9.59 Å². The smallest absolute Gasteiger partial charge is 0.317 e. The van der Waals surface area contributed by atoms with Gasteiger partial charge in [-0.25, -0.2) is 4.79 Å². The number of urea groups is 1. The lowest BCUT2D eigenvalue weighted by molar-refractivity contribution is -0.126. The molecule has 0 aromatic heterocycles. The molecule has 1 fully saturated rings. The number of carbonyl (C=O) groups is 2. The first-order valence-electron chi connectivity index (χ1n) is 11.6. The van der Waals surface area contributed by atoms with Gasteiger partial charge in [-0.2, -0.15) is 0 Å². The zero-order valence-electron chi connectivity index (χ0n) is 19.2.